The van der Waals surface area contributed by atoms with Gasteiger partial charge in [-0.3, -0.25) is 4.98 Å². The van der Waals surface area contributed by atoms with Gasteiger partial charge in [-0.15, -0.1) is 0 Å². The minimum absolute atomic E-state index is 0.236. The molecule has 2 nitrogen and oxygen atoms in total. The van der Waals surface area contributed by atoms with E-state index in [1.54, 1.807) is 6.07 Å². The van der Waals surface area contributed by atoms with Gasteiger partial charge in [-0.1, -0.05) is 26.7 Å². The molecule has 0 spiro atoms. The van der Waals surface area contributed by atoms with Crippen LogP contribution in [-0.4, -0.2) is 12.0 Å². The molecule has 0 aliphatic rings. The molecule has 90 valence electrons. The van der Waals surface area contributed by atoms with Crippen molar-refractivity contribution >= 4 is 0 Å². The van der Waals surface area contributed by atoms with Crippen LogP contribution >= 0.6 is 0 Å². The van der Waals surface area contributed by atoms with Gasteiger partial charge >= 0.3 is 0 Å². The van der Waals surface area contributed by atoms with Gasteiger partial charge in [0.05, 0.1) is 11.9 Å². The third-order valence-electron chi connectivity index (χ3n) is 2.73. The molecule has 0 saturated heterocycles. The van der Waals surface area contributed by atoms with Crippen LogP contribution in [0.5, 0.6) is 0 Å². The zero-order valence-corrected chi connectivity index (χ0v) is 10.3. The second-order valence-electron chi connectivity index (χ2n) is 4.57. The fourth-order valence-electron chi connectivity index (χ4n) is 1.76. The normalized spacial score (nSPS) is 13.1. The quantitative estimate of drug-likeness (QED) is 0.802. The standard InChI is InChI=1S/C13H21FN2/c1-10(2)5-4-6-12(15-3)13-8-7-11(14)9-16-13/h7-10,12,15H,4-6H2,1-3H3. The van der Waals surface area contributed by atoms with Crippen molar-refractivity contribution in [2.75, 3.05) is 7.05 Å². The summed E-state index contributed by atoms with van der Waals surface area (Å²) in [4.78, 5) is 4.11. The molecule has 1 heterocycles. The number of rotatable bonds is 6. The SMILES string of the molecule is CNC(CCCC(C)C)c1ccc(F)cn1. The molecular weight excluding hydrogens is 203 g/mol. The predicted octanol–water partition coefficient (Wildman–Crippen LogP) is 3.31. The Labute approximate surface area is 97.3 Å². The number of aromatic nitrogens is 1. The third kappa shape index (κ3) is 4.27. The molecule has 1 unspecified atom stereocenters. The average molecular weight is 224 g/mol. The molecular formula is C13H21FN2. The first-order valence-corrected chi connectivity index (χ1v) is 5.92. The van der Waals surface area contributed by atoms with E-state index in [4.69, 9.17) is 0 Å². The van der Waals surface area contributed by atoms with Gasteiger partial charge in [0.2, 0.25) is 0 Å². The highest BCUT2D eigenvalue weighted by Gasteiger charge is 2.10. The van der Waals surface area contributed by atoms with Crippen molar-refractivity contribution in [1.82, 2.24) is 10.3 Å². The predicted molar refractivity (Wildman–Crippen MR) is 64.7 cm³/mol. The zero-order valence-electron chi connectivity index (χ0n) is 10.3. The van der Waals surface area contributed by atoms with Crippen LogP contribution in [-0.2, 0) is 0 Å². The lowest BCUT2D eigenvalue weighted by molar-refractivity contribution is 0.463. The average Bonchev–Trinajstić information content (AvgIpc) is 2.26. The number of nitrogens with one attached hydrogen (secondary N) is 1. The minimum atomic E-state index is -0.277. The van der Waals surface area contributed by atoms with Gasteiger partial charge in [-0.2, -0.15) is 0 Å². The van der Waals surface area contributed by atoms with Crippen molar-refractivity contribution in [1.29, 1.82) is 0 Å². The molecule has 1 aromatic heterocycles. The van der Waals surface area contributed by atoms with Crippen molar-refractivity contribution in [3.05, 3.63) is 29.8 Å². The molecule has 0 bridgehead atoms. The Morgan fingerprint density at radius 1 is 1.31 bits per heavy atom. The molecule has 0 amide bonds. The first-order valence-electron chi connectivity index (χ1n) is 5.92. The number of hydrogen-bond acceptors (Lipinski definition) is 2. The van der Waals surface area contributed by atoms with E-state index in [1.165, 1.54) is 25.1 Å². The Morgan fingerprint density at radius 3 is 2.56 bits per heavy atom. The highest BCUT2D eigenvalue weighted by atomic mass is 19.1. The Morgan fingerprint density at radius 2 is 2.06 bits per heavy atom. The maximum Gasteiger partial charge on any atom is 0.141 e. The van der Waals surface area contributed by atoms with Gasteiger partial charge in [0.1, 0.15) is 5.82 Å². The second-order valence-corrected chi connectivity index (χ2v) is 4.57. The lowest BCUT2D eigenvalue weighted by atomic mass is 10.0. The summed E-state index contributed by atoms with van der Waals surface area (Å²) < 4.78 is 12.7. The summed E-state index contributed by atoms with van der Waals surface area (Å²) in [5.41, 5.74) is 0.924. The summed E-state index contributed by atoms with van der Waals surface area (Å²) in [5.74, 6) is 0.458. The third-order valence-corrected chi connectivity index (χ3v) is 2.73. The van der Waals surface area contributed by atoms with Crippen molar-refractivity contribution in [2.24, 2.45) is 5.92 Å². The zero-order chi connectivity index (χ0) is 12.0. The number of nitrogens with zero attached hydrogens (tertiary/aromatic N) is 1. The van der Waals surface area contributed by atoms with Crippen molar-refractivity contribution in [3.8, 4) is 0 Å². The molecule has 0 saturated carbocycles. The van der Waals surface area contributed by atoms with E-state index in [0.717, 1.165) is 18.0 Å². The van der Waals surface area contributed by atoms with Gasteiger partial charge in [0, 0.05) is 6.04 Å². The van der Waals surface area contributed by atoms with Crippen LogP contribution in [0.25, 0.3) is 0 Å². The van der Waals surface area contributed by atoms with Crippen LogP contribution in [0.3, 0.4) is 0 Å². The molecule has 16 heavy (non-hydrogen) atoms. The maximum absolute atomic E-state index is 12.7. The summed E-state index contributed by atoms with van der Waals surface area (Å²) in [6, 6.07) is 3.46. The topological polar surface area (TPSA) is 24.9 Å². The van der Waals surface area contributed by atoms with Crippen LogP contribution < -0.4 is 5.32 Å². The Kier molecular flexibility index (Phi) is 5.39. The lowest BCUT2D eigenvalue weighted by Crippen LogP contribution is -2.17. The van der Waals surface area contributed by atoms with Crippen molar-refractivity contribution in [2.45, 2.75) is 39.2 Å². The Bertz CT molecular complexity index is 295. The summed E-state index contributed by atoms with van der Waals surface area (Å²) in [6.45, 7) is 4.45. The van der Waals surface area contributed by atoms with E-state index in [9.17, 15) is 4.39 Å². The van der Waals surface area contributed by atoms with Crippen LogP contribution in [0.15, 0.2) is 18.3 Å². The summed E-state index contributed by atoms with van der Waals surface area (Å²) in [6.07, 6.45) is 4.72. The molecule has 1 aromatic rings. The lowest BCUT2D eigenvalue weighted by Gasteiger charge is -2.16. The molecule has 0 radical (unpaired) electrons. The van der Waals surface area contributed by atoms with Crippen LogP contribution in [0.1, 0.15) is 44.8 Å². The molecule has 0 aliphatic heterocycles. The van der Waals surface area contributed by atoms with Crippen molar-refractivity contribution in [3.63, 3.8) is 0 Å². The molecule has 1 atom stereocenters. The monoisotopic (exact) mass is 224 g/mol. The highest BCUT2D eigenvalue weighted by Crippen LogP contribution is 2.18. The van der Waals surface area contributed by atoms with E-state index in [1.807, 2.05) is 7.05 Å². The molecule has 0 aliphatic carbocycles. The Balaban J connectivity index is 2.50. The minimum Gasteiger partial charge on any atom is -0.312 e. The summed E-state index contributed by atoms with van der Waals surface area (Å²) in [7, 11) is 1.92. The first kappa shape index (κ1) is 13.1. The summed E-state index contributed by atoms with van der Waals surface area (Å²) in [5, 5.41) is 3.23. The van der Waals surface area contributed by atoms with Gasteiger partial charge in [0.25, 0.3) is 0 Å². The fourth-order valence-corrected chi connectivity index (χ4v) is 1.76. The number of halogens is 1. The fraction of sp³-hybridized carbons (Fsp3) is 0.615. The molecule has 1 N–H and O–H groups in total. The smallest absolute Gasteiger partial charge is 0.141 e. The van der Waals surface area contributed by atoms with E-state index >= 15 is 0 Å². The second kappa shape index (κ2) is 6.59. The molecule has 1 rings (SSSR count). The van der Waals surface area contributed by atoms with E-state index in [0.29, 0.717) is 0 Å². The van der Waals surface area contributed by atoms with Crippen LogP contribution in [0, 0.1) is 11.7 Å². The maximum atomic E-state index is 12.7. The highest BCUT2D eigenvalue weighted by molar-refractivity contribution is 5.09. The molecule has 3 heteroatoms. The van der Waals surface area contributed by atoms with E-state index in [-0.39, 0.29) is 11.9 Å². The van der Waals surface area contributed by atoms with Gasteiger partial charge in [-0.25, -0.2) is 4.39 Å². The van der Waals surface area contributed by atoms with Gasteiger partial charge < -0.3 is 5.32 Å². The number of pyridine rings is 1. The van der Waals surface area contributed by atoms with Gasteiger partial charge in [-0.05, 0) is 31.5 Å². The Hall–Kier alpha value is -0.960. The first-order chi connectivity index (χ1) is 7.63. The molecule has 0 fully saturated rings. The van der Waals surface area contributed by atoms with E-state index < -0.39 is 0 Å². The van der Waals surface area contributed by atoms with E-state index in [2.05, 4.69) is 24.1 Å². The summed E-state index contributed by atoms with van der Waals surface area (Å²) >= 11 is 0. The van der Waals surface area contributed by atoms with Gasteiger partial charge in [0.15, 0.2) is 0 Å². The van der Waals surface area contributed by atoms with Crippen LogP contribution in [0.2, 0.25) is 0 Å². The van der Waals surface area contributed by atoms with Crippen molar-refractivity contribution < 1.29 is 4.39 Å². The largest absolute Gasteiger partial charge is 0.312 e. The molecule has 0 aromatic carbocycles. The number of hydrogen-bond donors (Lipinski definition) is 1. The van der Waals surface area contributed by atoms with Crippen LogP contribution in [0.4, 0.5) is 4.39 Å².